The molecule has 3 rings (SSSR count). The minimum absolute atomic E-state index is 0.0666. The molecule has 0 aliphatic carbocycles. The van der Waals surface area contributed by atoms with Crippen molar-refractivity contribution in [2.45, 2.75) is 24.5 Å². The maximum atomic E-state index is 11.8. The van der Waals surface area contributed by atoms with Crippen LogP contribution in [-0.2, 0) is 26.3 Å². The van der Waals surface area contributed by atoms with Crippen LogP contribution in [0.4, 0.5) is 0 Å². The van der Waals surface area contributed by atoms with E-state index >= 15 is 0 Å². The summed E-state index contributed by atoms with van der Waals surface area (Å²) in [5.74, 6) is -0.358. The molecule has 0 aromatic heterocycles. The van der Waals surface area contributed by atoms with Crippen molar-refractivity contribution in [3.8, 4) is 5.75 Å². The lowest BCUT2D eigenvalue weighted by Crippen LogP contribution is -2.23. The van der Waals surface area contributed by atoms with Crippen molar-refractivity contribution >= 4 is 16.1 Å². The number of phenols is 1. The average Bonchev–Trinajstić information content (AvgIpc) is 2.73. The Labute approximate surface area is 175 Å². The van der Waals surface area contributed by atoms with Gasteiger partial charge in [-0.1, -0.05) is 60.2 Å². The van der Waals surface area contributed by atoms with Gasteiger partial charge in [0.05, 0.1) is 4.90 Å². The van der Waals surface area contributed by atoms with E-state index in [-0.39, 0.29) is 17.3 Å². The first-order valence-electron chi connectivity index (χ1n) is 8.96. The molecule has 0 saturated carbocycles. The average molecular weight is 429 g/mol. The third-order valence-electron chi connectivity index (χ3n) is 4.05. The molecule has 0 fully saturated rings. The molecule has 30 heavy (non-hydrogen) atoms. The van der Waals surface area contributed by atoms with Crippen molar-refractivity contribution in [3.05, 3.63) is 95.6 Å². The van der Waals surface area contributed by atoms with Gasteiger partial charge in [0.15, 0.2) is 0 Å². The number of aromatic hydroxyl groups is 1. The summed E-state index contributed by atoms with van der Waals surface area (Å²) in [6.07, 6.45) is 0. The maximum Gasteiger partial charge on any atom is 0.327 e. The predicted molar refractivity (Wildman–Crippen MR) is 112 cm³/mol. The Bertz CT molecular complexity index is 1050. The van der Waals surface area contributed by atoms with Gasteiger partial charge in [-0.15, -0.1) is 0 Å². The number of nitrogens with two attached hydrogens (primary N) is 1. The number of ether oxygens (including phenoxy) is 1. The van der Waals surface area contributed by atoms with Crippen LogP contribution in [0.2, 0.25) is 0 Å². The summed E-state index contributed by atoms with van der Waals surface area (Å²) in [6, 6.07) is 20.7. The van der Waals surface area contributed by atoms with E-state index in [0.29, 0.717) is 5.56 Å². The minimum atomic E-state index is -4.02. The molecule has 3 aromatic carbocycles. The number of aryl methyl sites for hydroxylation is 1. The van der Waals surface area contributed by atoms with Crippen LogP contribution in [-0.4, -0.2) is 24.0 Å². The van der Waals surface area contributed by atoms with Gasteiger partial charge in [0, 0.05) is 0 Å². The van der Waals surface area contributed by atoms with Crippen LogP contribution in [0, 0.1) is 6.92 Å². The zero-order valence-electron chi connectivity index (χ0n) is 16.3. The Morgan fingerprint density at radius 3 is 2.07 bits per heavy atom. The summed E-state index contributed by atoms with van der Waals surface area (Å²) < 4.78 is 34.7. The smallest absolute Gasteiger partial charge is 0.327 e. The zero-order valence-corrected chi connectivity index (χ0v) is 17.1. The van der Waals surface area contributed by atoms with Gasteiger partial charge in [0.25, 0.3) is 10.1 Å². The summed E-state index contributed by atoms with van der Waals surface area (Å²) in [5, 5.41) is 9.17. The van der Waals surface area contributed by atoms with Gasteiger partial charge in [0.2, 0.25) is 0 Å². The lowest BCUT2D eigenvalue weighted by Gasteiger charge is -2.12. The first-order valence-corrected chi connectivity index (χ1v) is 10.4. The molecule has 1 atom stereocenters. The third kappa shape index (κ3) is 7.32. The van der Waals surface area contributed by atoms with Gasteiger partial charge in [-0.3, -0.25) is 4.55 Å². The maximum absolute atomic E-state index is 11.8. The highest BCUT2D eigenvalue weighted by Gasteiger charge is 2.17. The largest absolute Gasteiger partial charge is 0.508 e. The molecule has 0 radical (unpaired) electrons. The van der Waals surface area contributed by atoms with Gasteiger partial charge >= 0.3 is 5.97 Å². The van der Waals surface area contributed by atoms with Crippen LogP contribution in [0.5, 0.6) is 5.75 Å². The minimum Gasteiger partial charge on any atom is -0.508 e. The van der Waals surface area contributed by atoms with Crippen LogP contribution in [0.3, 0.4) is 0 Å². The molecule has 7 nitrogen and oxygen atoms in total. The van der Waals surface area contributed by atoms with Crippen LogP contribution < -0.4 is 5.73 Å². The summed E-state index contributed by atoms with van der Waals surface area (Å²) >= 11 is 0. The van der Waals surface area contributed by atoms with E-state index in [2.05, 4.69) is 0 Å². The molecule has 0 spiro atoms. The Morgan fingerprint density at radius 1 is 0.967 bits per heavy atom. The zero-order chi connectivity index (χ0) is 22.1. The lowest BCUT2D eigenvalue weighted by molar-refractivity contribution is -0.146. The second-order valence-electron chi connectivity index (χ2n) is 6.45. The normalized spacial score (nSPS) is 11.7. The van der Waals surface area contributed by atoms with Gasteiger partial charge in [-0.2, -0.15) is 8.42 Å². The Balaban J connectivity index is 0.000000248. The fraction of sp³-hybridized carbons (Fsp3) is 0.136. The number of carbonyl (C=O) groups excluding carboxylic acids is 1. The molecule has 0 amide bonds. The number of phenolic OH excluding ortho intramolecular Hbond substituents is 1. The van der Waals surface area contributed by atoms with Crippen molar-refractivity contribution in [3.63, 3.8) is 0 Å². The summed E-state index contributed by atoms with van der Waals surface area (Å²) in [4.78, 5) is 11.7. The topological polar surface area (TPSA) is 127 Å². The number of hydrogen-bond acceptors (Lipinski definition) is 6. The highest BCUT2D eigenvalue weighted by molar-refractivity contribution is 7.85. The predicted octanol–water partition coefficient (Wildman–Crippen LogP) is 3.38. The van der Waals surface area contributed by atoms with Crippen LogP contribution >= 0.6 is 0 Å². The number of hydrogen-bond donors (Lipinski definition) is 3. The second-order valence-corrected chi connectivity index (χ2v) is 7.87. The molecular formula is C22H23NO6S. The second kappa shape index (κ2) is 10.5. The van der Waals surface area contributed by atoms with Crippen molar-refractivity contribution in [1.29, 1.82) is 0 Å². The van der Waals surface area contributed by atoms with Gasteiger partial charge in [-0.25, -0.2) is 4.79 Å². The van der Waals surface area contributed by atoms with Crippen molar-refractivity contribution < 1.29 is 27.6 Å². The highest BCUT2D eigenvalue weighted by atomic mass is 32.2. The van der Waals surface area contributed by atoms with Crippen LogP contribution in [0.1, 0.15) is 22.7 Å². The first-order chi connectivity index (χ1) is 14.2. The first kappa shape index (κ1) is 23.1. The number of esters is 1. The molecule has 0 bridgehead atoms. The third-order valence-corrected chi connectivity index (χ3v) is 4.92. The van der Waals surface area contributed by atoms with E-state index in [4.69, 9.17) is 15.0 Å². The number of carbonyl (C=O) groups is 1. The Hall–Kier alpha value is -3.20. The fourth-order valence-corrected chi connectivity index (χ4v) is 2.83. The molecule has 0 heterocycles. The number of rotatable bonds is 5. The molecule has 8 heteroatoms. The van der Waals surface area contributed by atoms with Gasteiger partial charge in [0.1, 0.15) is 18.4 Å². The summed E-state index contributed by atoms with van der Waals surface area (Å²) in [6.45, 7) is 2.04. The van der Waals surface area contributed by atoms with E-state index < -0.39 is 22.1 Å². The lowest BCUT2D eigenvalue weighted by atomic mass is 10.1. The monoisotopic (exact) mass is 429 g/mol. The quantitative estimate of drug-likeness (QED) is 0.419. The molecular weight excluding hydrogens is 406 g/mol. The molecule has 0 saturated heterocycles. The molecule has 0 aliphatic rings. The number of benzene rings is 3. The summed E-state index contributed by atoms with van der Waals surface area (Å²) in [5.41, 5.74) is 8.27. The van der Waals surface area contributed by atoms with Crippen molar-refractivity contribution in [2.24, 2.45) is 5.73 Å². The Morgan fingerprint density at radius 2 is 1.53 bits per heavy atom. The van der Waals surface area contributed by atoms with E-state index in [1.807, 2.05) is 37.3 Å². The highest BCUT2D eigenvalue weighted by Crippen LogP contribution is 2.16. The Kier molecular flexibility index (Phi) is 8.11. The van der Waals surface area contributed by atoms with E-state index in [1.54, 1.807) is 24.3 Å². The van der Waals surface area contributed by atoms with Gasteiger partial charge in [-0.05, 0) is 42.3 Å². The fourth-order valence-electron chi connectivity index (χ4n) is 2.35. The molecule has 0 aliphatic heterocycles. The van der Waals surface area contributed by atoms with Crippen molar-refractivity contribution in [2.75, 3.05) is 0 Å². The standard InChI is InChI=1S/C15H15NO3.C7H8O3S/c16-14(12-6-8-13(17)9-7-12)15(18)19-10-11-4-2-1-3-5-11;1-6-2-4-7(5-3-6)11(8,9)10/h1-9,14,17H,10,16H2;2-5H,1H3,(H,8,9,10)/t14-;/m0./s1. The van der Waals surface area contributed by atoms with Gasteiger partial charge < -0.3 is 15.6 Å². The molecule has 4 N–H and O–H groups in total. The van der Waals surface area contributed by atoms with E-state index in [1.165, 1.54) is 24.3 Å². The molecule has 3 aromatic rings. The van der Waals surface area contributed by atoms with E-state index in [0.717, 1.165) is 11.1 Å². The van der Waals surface area contributed by atoms with Crippen molar-refractivity contribution in [1.82, 2.24) is 0 Å². The summed E-state index contributed by atoms with van der Waals surface area (Å²) in [7, 11) is -4.02. The van der Waals surface area contributed by atoms with E-state index in [9.17, 15) is 18.3 Å². The molecule has 0 unspecified atom stereocenters. The molecule has 158 valence electrons. The van der Waals surface area contributed by atoms with Crippen LogP contribution in [0.15, 0.2) is 83.8 Å². The SMILES string of the molecule is Cc1ccc(S(=O)(=O)O)cc1.N[C@H](C(=O)OCc1ccccc1)c1ccc(O)cc1. The van der Waals surface area contributed by atoms with Crippen LogP contribution in [0.25, 0.3) is 0 Å².